The van der Waals surface area contributed by atoms with Gasteiger partial charge in [-0.1, -0.05) is 11.6 Å². The zero-order valence-electron chi connectivity index (χ0n) is 8.63. The van der Waals surface area contributed by atoms with Crippen LogP contribution in [0.4, 0.5) is 4.39 Å². The van der Waals surface area contributed by atoms with Gasteiger partial charge in [-0.25, -0.2) is 4.39 Å². The van der Waals surface area contributed by atoms with Crippen LogP contribution in [0.15, 0.2) is 18.2 Å². The highest BCUT2D eigenvalue weighted by molar-refractivity contribution is 6.00. The molecule has 15 heavy (non-hydrogen) atoms. The average molecular weight is 208 g/mol. The Bertz CT molecular complexity index is 381. The summed E-state index contributed by atoms with van der Waals surface area (Å²) in [5.74, 6) is -0.685. The molecule has 2 nitrogen and oxygen atoms in total. The second-order valence-electron chi connectivity index (χ2n) is 3.85. The molecule has 0 spiro atoms. The molecule has 1 aromatic rings. The summed E-state index contributed by atoms with van der Waals surface area (Å²) in [6.07, 6.45) is 1.14. The monoisotopic (exact) mass is 208 g/mol. The smallest absolute Gasteiger partial charge is 0.194 e. The molecule has 0 amide bonds. The van der Waals surface area contributed by atoms with Gasteiger partial charge >= 0.3 is 0 Å². The van der Waals surface area contributed by atoms with Crippen LogP contribution in [0.1, 0.15) is 28.8 Å². The van der Waals surface area contributed by atoms with Crippen LogP contribution in [0.2, 0.25) is 0 Å². The lowest BCUT2D eigenvalue weighted by atomic mass is 10.0. The third-order valence-electron chi connectivity index (χ3n) is 2.61. The summed E-state index contributed by atoms with van der Waals surface area (Å²) >= 11 is 0. The molecular formula is C12H13FO2. The van der Waals surface area contributed by atoms with E-state index >= 15 is 0 Å². The molecule has 1 fully saturated rings. The summed E-state index contributed by atoms with van der Waals surface area (Å²) in [6, 6.07) is 4.57. The van der Waals surface area contributed by atoms with Gasteiger partial charge in [-0.2, -0.15) is 0 Å². The Morgan fingerprint density at radius 2 is 2.33 bits per heavy atom. The number of ether oxygens (including phenoxy) is 1. The van der Waals surface area contributed by atoms with E-state index in [-0.39, 0.29) is 11.3 Å². The van der Waals surface area contributed by atoms with Crippen molar-refractivity contribution in [3.05, 3.63) is 35.1 Å². The number of hydrogen-bond donors (Lipinski definition) is 0. The normalized spacial score (nSPS) is 20.5. The average Bonchev–Trinajstić information content (AvgIpc) is 2.74. The lowest BCUT2D eigenvalue weighted by Crippen LogP contribution is -2.20. The van der Waals surface area contributed by atoms with Crippen molar-refractivity contribution in [1.82, 2.24) is 0 Å². The number of benzene rings is 1. The molecule has 0 bridgehead atoms. The van der Waals surface area contributed by atoms with E-state index in [1.807, 2.05) is 6.92 Å². The summed E-state index contributed by atoms with van der Waals surface area (Å²) < 4.78 is 18.6. The number of aryl methyl sites for hydroxylation is 1. The van der Waals surface area contributed by atoms with Gasteiger partial charge in [0.05, 0.1) is 5.56 Å². The first-order valence-electron chi connectivity index (χ1n) is 5.10. The van der Waals surface area contributed by atoms with E-state index in [0.717, 1.165) is 12.0 Å². The molecule has 0 saturated carbocycles. The Kier molecular flexibility index (Phi) is 2.82. The number of Topliss-reactive ketones (excluding diaryl/α,β-unsaturated/α-hetero) is 1. The van der Waals surface area contributed by atoms with Crippen LogP contribution in [0.3, 0.4) is 0 Å². The topological polar surface area (TPSA) is 26.3 Å². The molecule has 0 aliphatic carbocycles. The number of carbonyl (C=O) groups is 1. The van der Waals surface area contributed by atoms with Crippen molar-refractivity contribution in [2.24, 2.45) is 0 Å². The second-order valence-corrected chi connectivity index (χ2v) is 3.85. The number of rotatable bonds is 2. The lowest BCUT2D eigenvalue weighted by molar-refractivity contribution is 0.0638. The van der Waals surface area contributed by atoms with E-state index in [0.29, 0.717) is 13.0 Å². The number of hydrogen-bond acceptors (Lipinski definition) is 2. The molecule has 3 heteroatoms. The number of ketones is 1. The van der Waals surface area contributed by atoms with E-state index in [1.165, 1.54) is 6.07 Å². The highest BCUT2D eigenvalue weighted by Gasteiger charge is 2.26. The largest absolute Gasteiger partial charge is 0.370 e. The minimum Gasteiger partial charge on any atom is -0.370 e. The SMILES string of the molecule is Cc1ccc(F)c(C(=O)C2CCCO2)c1. The molecule has 80 valence electrons. The van der Waals surface area contributed by atoms with E-state index in [4.69, 9.17) is 4.74 Å². The van der Waals surface area contributed by atoms with Crippen molar-refractivity contribution >= 4 is 5.78 Å². The highest BCUT2D eigenvalue weighted by Crippen LogP contribution is 2.19. The van der Waals surface area contributed by atoms with Crippen molar-refractivity contribution in [2.45, 2.75) is 25.9 Å². The molecule has 1 atom stereocenters. The highest BCUT2D eigenvalue weighted by atomic mass is 19.1. The van der Waals surface area contributed by atoms with Crippen molar-refractivity contribution in [1.29, 1.82) is 0 Å². The van der Waals surface area contributed by atoms with Gasteiger partial charge in [-0.05, 0) is 31.9 Å². The predicted molar refractivity (Wildman–Crippen MR) is 54.4 cm³/mol. The van der Waals surface area contributed by atoms with Gasteiger partial charge in [0.2, 0.25) is 0 Å². The van der Waals surface area contributed by atoms with E-state index in [9.17, 15) is 9.18 Å². The van der Waals surface area contributed by atoms with Crippen LogP contribution in [-0.2, 0) is 4.74 Å². The third kappa shape index (κ3) is 2.07. The van der Waals surface area contributed by atoms with Crippen LogP contribution < -0.4 is 0 Å². The maximum absolute atomic E-state index is 13.4. The van der Waals surface area contributed by atoms with Gasteiger partial charge < -0.3 is 4.74 Å². The maximum Gasteiger partial charge on any atom is 0.194 e. The summed E-state index contributed by atoms with van der Waals surface area (Å²) in [7, 11) is 0. The first kappa shape index (κ1) is 10.3. The maximum atomic E-state index is 13.4. The first-order valence-corrected chi connectivity index (χ1v) is 5.10. The lowest BCUT2D eigenvalue weighted by Gasteiger charge is -2.09. The quantitative estimate of drug-likeness (QED) is 0.698. The van der Waals surface area contributed by atoms with Crippen LogP contribution in [0.25, 0.3) is 0 Å². The van der Waals surface area contributed by atoms with E-state index < -0.39 is 11.9 Å². The van der Waals surface area contributed by atoms with Gasteiger partial charge in [0.15, 0.2) is 5.78 Å². The molecule has 1 heterocycles. The summed E-state index contributed by atoms with van der Waals surface area (Å²) in [5.41, 5.74) is 1.04. The van der Waals surface area contributed by atoms with Gasteiger partial charge in [0.25, 0.3) is 0 Å². The van der Waals surface area contributed by atoms with Gasteiger partial charge in [0.1, 0.15) is 11.9 Å². The molecule has 2 rings (SSSR count). The number of carbonyl (C=O) groups excluding carboxylic acids is 1. The molecule has 0 aromatic heterocycles. The Balaban J connectivity index is 2.27. The predicted octanol–water partition coefficient (Wildman–Crippen LogP) is 2.50. The van der Waals surface area contributed by atoms with Crippen LogP contribution in [0.5, 0.6) is 0 Å². The molecule has 1 saturated heterocycles. The van der Waals surface area contributed by atoms with Crippen LogP contribution in [-0.4, -0.2) is 18.5 Å². The van der Waals surface area contributed by atoms with Gasteiger partial charge in [-0.15, -0.1) is 0 Å². The fourth-order valence-corrected chi connectivity index (χ4v) is 1.79. The molecule has 0 N–H and O–H groups in total. The molecule has 1 unspecified atom stereocenters. The second kappa shape index (κ2) is 4.11. The third-order valence-corrected chi connectivity index (χ3v) is 2.61. The Hall–Kier alpha value is -1.22. The fraction of sp³-hybridized carbons (Fsp3) is 0.417. The Morgan fingerprint density at radius 3 is 3.00 bits per heavy atom. The minimum atomic E-state index is -0.457. The van der Waals surface area contributed by atoms with E-state index in [1.54, 1.807) is 12.1 Å². The van der Waals surface area contributed by atoms with E-state index in [2.05, 4.69) is 0 Å². The zero-order valence-corrected chi connectivity index (χ0v) is 8.63. The molecular weight excluding hydrogens is 195 g/mol. The van der Waals surface area contributed by atoms with Crippen molar-refractivity contribution < 1.29 is 13.9 Å². The zero-order chi connectivity index (χ0) is 10.8. The molecule has 1 aliphatic heterocycles. The molecule has 0 radical (unpaired) electrons. The Labute approximate surface area is 88.1 Å². The molecule has 1 aliphatic rings. The minimum absolute atomic E-state index is 0.155. The standard InChI is InChI=1S/C12H13FO2/c1-8-4-5-10(13)9(7-8)12(14)11-3-2-6-15-11/h4-5,7,11H,2-3,6H2,1H3. The van der Waals surface area contributed by atoms with Crippen molar-refractivity contribution in [3.8, 4) is 0 Å². The first-order chi connectivity index (χ1) is 7.18. The van der Waals surface area contributed by atoms with Crippen molar-refractivity contribution in [3.63, 3.8) is 0 Å². The van der Waals surface area contributed by atoms with Gasteiger partial charge in [-0.3, -0.25) is 4.79 Å². The van der Waals surface area contributed by atoms with Crippen LogP contribution >= 0.6 is 0 Å². The molecule has 1 aromatic carbocycles. The number of halogens is 1. The Morgan fingerprint density at radius 1 is 1.53 bits per heavy atom. The summed E-state index contributed by atoms with van der Waals surface area (Å²) in [4.78, 5) is 11.9. The summed E-state index contributed by atoms with van der Waals surface area (Å²) in [6.45, 7) is 2.44. The van der Waals surface area contributed by atoms with Gasteiger partial charge in [0, 0.05) is 6.61 Å². The fourth-order valence-electron chi connectivity index (χ4n) is 1.79. The van der Waals surface area contributed by atoms with Crippen molar-refractivity contribution in [2.75, 3.05) is 6.61 Å². The van der Waals surface area contributed by atoms with Crippen LogP contribution in [0, 0.1) is 12.7 Å². The summed E-state index contributed by atoms with van der Waals surface area (Å²) in [5, 5.41) is 0.